The van der Waals surface area contributed by atoms with E-state index < -0.39 is 0 Å². The van der Waals surface area contributed by atoms with Crippen molar-refractivity contribution in [1.82, 2.24) is 16.0 Å². The average Bonchev–Trinajstić information content (AvgIpc) is 2.34. The van der Waals surface area contributed by atoms with Gasteiger partial charge in [0.1, 0.15) is 0 Å². The summed E-state index contributed by atoms with van der Waals surface area (Å²) in [5, 5.41) is 9.29. The van der Waals surface area contributed by atoms with Gasteiger partial charge in [0.05, 0.1) is 25.9 Å². The summed E-state index contributed by atoms with van der Waals surface area (Å²) >= 11 is 0. The lowest BCUT2D eigenvalue weighted by molar-refractivity contribution is -0.123. The quantitative estimate of drug-likeness (QED) is 0.487. The largest absolute Gasteiger partial charge is 0.382 e. The molecule has 6 nitrogen and oxygen atoms in total. The van der Waals surface area contributed by atoms with Crippen molar-refractivity contribution in [3.05, 3.63) is 0 Å². The number of carbonyl (C=O) groups excluding carboxylic acids is 1. The molecule has 1 aliphatic rings. The molecule has 0 aliphatic carbocycles. The van der Waals surface area contributed by atoms with E-state index in [2.05, 4.69) is 22.9 Å². The first-order valence-corrected chi connectivity index (χ1v) is 6.05. The summed E-state index contributed by atoms with van der Waals surface area (Å²) in [6, 6.07) is 0.293. The maximum atomic E-state index is 11.7. The smallest absolute Gasteiger partial charge is 0.238 e. The zero-order valence-corrected chi connectivity index (χ0v) is 10.6. The second-order valence-corrected chi connectivity index (χ2v) is 4.17. The molecule has 1 aliphatic heterocycles. The molecule has 3 N–H and O–H groups in total. The summed E-state index contributed by atoms with van der Waals surface area (Å²) in [4.78, 5) is 11.7. The van der Waals surface area contributed by atoms with E-state index in [0.29, 0.717) is 39.0 Å². The standard InChI is InChI=1S/C11H23N3O3/c1-9-7-14-10(8-13-9)11(15)12-3-4-17-6-5-16-2/h9-10,13-14H,3-8H2,1-2H3,(H,12,15). The minimum atomic E-state index is -0.134. The molecule has 0 bridgehead atoms. The van der Waals surface area contributed by atoms with Gasteiger partial charge in [-0.2, -0.15) is 0 Å². The van der Waals surface area contributed by atoms with E-state index >= 15 is 0 Å². The average molecular weight is 245 g/mol. The van der Waals surface area contributed by atoms with Gasteiger partial charge >= 0.3 is 0 Å². The molecule has 0 aromatic carbocycles. The van der Waals surface area contributed by atoms with Crippen LogP contribution < -0.4 is 16.0 Å². The summed E-state index contributed by atoms with van der Waals surface area (Å²) in [6.07, 6.45) is 0. The third-order valence-corrected chi connectivity index (χ3v) is 2.63. The van der Waals surface area contributed by atoms with Gasteiger partial charge in [-0.3, -0.25) is 4.79 Å². The van der Waals surface area contributed by atoms with Gasteiger partial charge in [-0.1, -0.05) is 0 Å². The summed E-state index contributed by atoms with van der Waals surface area (Å²) in [7, 11) is 1.63. The van der Waals surface area contributed by atoms with Crippen LogP contribution >= 0.6 is 0 Å². The number of hydrogen-bond donors (Lipinski definition) is 3. The van der Waals surface area contributed by atoms with Crippen molar-refractivity contribution in [3.63, 3.8) is 0 Å². The molecule has 0 saturated carbocycles. The fourth-order valence-corrected chi connectivity index (χ4v) is 1.58. The van der Waals surface area contributed by atoms with Gasteiger partial charge in [0, 0.05) is 32.8 Å². The van der Waals surface area contributed by atoms with E-state index in [-0.39, 0.29) is 11.9 Å². The maximum absolute atomic E-state index is 11.7. The summed E-state index contributed by atoms with van der Waals surface area (Å²) < 4.78 is 10.1. The van der Waals surface area contributed by atoms with E-state index in [9.17, 15) is 4.79 Å². The highest BCUT2D eigenvalue weighted by Crippen LogP contribution is 1.92. The summed E-state index contributed by atoms with van der Waals surface area (Å²) in [5.74, 6) is 0.0275. The molecule has 0 aromatic heterocycles. The number of amides is 1. The Morgan fingerprint density at radius 1 is 1.29 bits per heavy atom. The van der Waals surface area contributed by atoms with Crippen molar-refractivity contribution >= 4 is 5.91 Å². The van der Waals surface area contributed by atoms with Gasteiger partial charge < -0.3 is 25.4 Å². The minimum absolute atomic E-state index is 0.0275. The van der Waals surface area contributed by atoms with Crippen LogP contribution in [0.25, 0.3) is 0 Å². The Morgan fingerprint density at radius 3 is 2.76 bits per heavy atom. The molecule has 0 aromatic rings. The number of piperazine rings is 1. The van der Waals surface area contributed by atoms with Gasteiger partial charge in [0.25, 0.3) is 0 Å². The lowest BCUT2D eigenvalue weighted by Gasteiger charge is -2.28. The van der Waals surface area contributed by atoms with Crippen molar-refractivity contribution in [2.45, 2.75) is 19.0 Å². The second-order valence-electron chi connectivity index (χ2n) is 4.17. The fraction of sp³-hybridized carbons (Fsp3) is 0.909. The molecule has 1 amide bonds. The van der Waals surface area contributed by atoms with Crippen LogP contribution in [-0.4, -0.2) is 64.6 Å². The number of rotatable bonds is 7. The number of hydrogen-bond acceptors (Lipinski definition) is 5. The monoisotopic (exact) mass is 245 g/mol. The Bertz CT molecular complexity index is 218. The van der Waals surface area contributed by atoms with Crippen LogP contribution in [0.3, 0.4) is 0 Å². The van der Waals surface area contributed by atoms with Crippen LogP contribution in [0, 0.1) is 0 Å². The Morgan fingerprint density at radius 2 is 2.12 bits per heavy atom. The predicted molar refractivity (Wildman–Crippen MR) is 65.0 cm³/mol. The maximum Gasteiger partial charge on any atom is 0.238 e. The topological polar surface area (TPSA) is 71.6 Å². The van der Waals surface area contributed by atoms with E-state index in [1.165, 1.54) is 0 Å². The Kier molecular flexibility index (Phi) is 7.11. The highest BCUT2D eigenvalue weighted by molar-refractivity contribution is 5.82. The van der Waals surface area contributed by atoms with E-state index in [4.69, 9.17) is 9.47 Å². The van der Waals surface area contributed by atoms with Crippen LogP contribution in [-0.2, 0) is 14.3 Å². The first kappa shape index (κ1) is 14.4. The van der Waals surface area contributed by atoms with E-state index in [1.807, 2.05) is 0 Å². The first-order chi connectivity index (χ1) is 8.24. The molecule has 0 radical (unpaired) electrons. The molecule has 1 heterocycles. The number of methoxy groups -OCH3 is 1. The second kappa shape index (κ2) is 8.41. The van der Waals surface area contributed by atoms with Gasteiger partial charge in [0.2, 0.25) is 5.91 Å². The molecule has 1 rings (SSSR count). The molecule has 17 heavy (non-hydrogen) atoms. The zero-order chi connectivity index (χ0) is 12.5. The summed E-state index contributed by atoms with van der Waals surface area (Å²) in [6.45, 7) is 5.79. The highest BCUT2D eigenvalue weighted by atomic mass is 16.5. The number of nitrogens with one attached hydrogen (secondary N) is 3. The van der Waals surface area contributed by atoms with Crippen LogP contribution in [0.2, 0.25) is 0 Å². The normalized spacial score (nSPS) is 24.6. The molecular formula is C11H23N3O3. The van der Waals surface area contributed by atoms with Crippen LogP contribution in [0.5, 0.6) is 0 Å². The van der Waals surface area contributed by atoms with Gasteiger partial charge in [-0.05, 0) is 6.92 Å². The van der Waals surface area contributed by atoms with Crippen molar-refractivity contribution in [2.24, 2.45) is 0 Å². The van der Waals surface area contributed by atoms with Gasteiger partial charge in [0.15, 0.2) is 0 Å². The predicted octanol–water partition coefficient (Wildman–Crippen LogP) is -1.28. The Balaban J connectivity index is 2.01. The van der Waals surface area contributed by atoms with Crippen molar-refractivity contribution in [1.29, 1.82) is 0 Å². The Labute approximate surface area is 102 Å². The highest BCUT2D eigenvalue weighted by Gasteiger charge is 2.22. The minimum Gasteiger partial charge on any atom is -0.382 e. The molecule has 1 saturated heterocycles. The van der Waals surface area contributed by atoms with Gasteiger partial charge in [-0.15, -0.1) is 0 Å². The number of carbonyl (C=O) groups is 1. The lowest BCUT2D eigenvalue weighted by atomic mass is 10.1. The fourth-order valence-electron chi connectivity index (χ4n) is 1.58. The Hall–Kier alpha value is -0.690. The molecule has 6 heteroatoms. The van der Waals surface area contributed by atoms with Crippen LogP contribution in [0.1, 0.15) is 6.92 Å². The molecule has 2 unspecified atom stereocenters. The number of ether oxygens (including phenoxy) is 2. The van der Waals surface area contributed by atoms with Gasteiger partial charge in [-0.25, -0.2) is 0 Å². The SMILES string of the molecule is COCCOCCNC(=O)C1CNC(C)CN1. The summed E-state index contributed by atoms with van der Waals surface area (Å²) in [5.41, 5.74) is 0. The molecular weight excluding hydrogens is 222 g/mol. The molecule has 100 valence electrons. The lowest BCUT2D eigenvalue weighted by Crippen LogP contribution is -2.59. The van der Waals surface area contributed by atoms with Crippen molar-refractivity contribution < 1.29 is 14.3 Å². The third-order valence-electron chi connectivity index (χ3n) is 2.63. The third kappa shape index (κ3) is 5.97. The van der Waals surface area contributed by atoms with Crippen LogP contribution in [0.4, 0.5) is 0 Å². The van der Waals surface area contributed by atoms with Crippen molar-refractivity contribution in [2.75, 3.05) is 46.6 Å². The first-order valence-electron chi connectivity index (χ1n) is 6.05. The van der Waals surface area contributed by atoms with E-state index in [0.717, 1.165) is 6.54 Å². The molecule has 0 spiro atoms. The van der Waals surface area contributed by atoms with Crippen LogP contribution in [0.15, 0.2) is 0 Å². The zero-order valence-electron chi connectivity index (χ0n) is 10.6. The van der Waals surface area contributed by atoms with Crippen molar-refractivity contribution in [3.8, 4) is 0 Å². The van der Waals surface area contributed by atoms with E-state index in [1.54, 1.807) is 7.11 Å². The molecule has 2 atom stereocenters. The molecule has 1 fully saturated rings.